The Balaban J connectivity index is 2.17. The lowest BCUT2D eigenvalue weighted by Gasteiger charge is -2.13. The average molecular weight is 365 g/mol. The molecule has 0 aliphatic carbocycles. The molecule has 2 amide bonds. The van der Waals surface area contributed by atoms with Crippen molar-refractivity contribution in [1.82, 2.24) is 4.90 Å². The molecule has 1 aliphatic rings. The summed E-state index contributed by atoms with van der Waals surface area (Å²) in [5.74, 6) is -0.914. The fourth-order valence-corrected chi connectivity index (χ4v) is 2.95. The number of rotatable bonds is 6. The molecule has 2 rings (SSSR count). The summed E-state index contributed by atoms with van der Waals surface area (Å²) in [5, 5.41) is 9.18. The van der Waals surface area contributed by atoms with E-state index in [2.05, 4.69) is 0 Å². The number of hydrogen-bond donors (Lipinski definition) is 1. The van der Waals surface area contributed by atoms with E-state index < -0.39 is 23.7 Å². The van der Waals surface area contributed by atoms with Gasteiger partial charge in [-0.25, -0.2) is 0 Å². The molecule has 7 nitrogen and oxygen atoms in total. The highest BCUT2D eigenvalue weighted by Crippen LogP contribution is 2.34. The van der Waals surface area contributed by atoms with E-state index in [9.17, 15) is 19.5 Å². The Morgan fingerprint density at radius 2 is 2.08 bits per heavy atom. The second-order valence-electron chi connectivity index (χ2n) is 5.47. The van der Waals surface area contributed by atoms with E-state index in [-0.39, 0.29) is 22.5 Å². The van der Waals surface area contributed by atoms with E-state index in [4.69, 9.17) is 9.47 Å². The Labute approximate surface area is 149 Å². The van der Waals surface area contributed by atoms with Crippen molar-refractivity contribution in [3.05, 3.63) is 28.7 Å². The lowest BCUT2D eigenvalue weighted by molar-refractivity contribution is -0.149. The standard InChI is InChI=1S/C17H19NO6S/c1-4-23-13-7-11(5-6-12(13)19)8-14-16(21)18(17(22)25-14)9-15(20)24-10(2)3/h5-8,10,19H,4,9H2,1-3H3/b14-8+. The Morgan fingerprint density at radius 3 is 2.72 bits per heavy atom. The summed E-state index contributed by atoms with van der Waals surface area (Å²) >= 11 is 0.748. The van der Waals surface area contributed by atoms with E-state index >= 15 is 0 Å². The SMILES string of the molecule is CCOc1cc(/C=C2/SC(=O)N(CC(=O)OC(C)C)C2=O)ccc1O. The maximum Gasteiger partial charge on any atom is 0.326 e. The molecule has 0 radical (unpaired) electrons. The normalized spacial score (nSPS) is 16.0. The van der Waals surface area contributed by atoms with Crippen molar-refractivity contribution < 1.29 is 29.0 Å². The van der Waals surface area contributed by atoms with Crippen LogP contribution in [-0.2, 0) is 14.3 Å². The average Bonchev–Trinajstić information content (AvgIpc) is 2.77. The van der Waals surface area contributed by atoms with Gasteiger partial charge in [-0.3, -0.25) is 19.3 Å². The third-order valence-electron chi connectivity index (χ3n) is 3.11. The Morgan fingerprint density at radius 1 is 1.36 bits per heavy atom. The van der Waals surface area contributed by atoms with Gasteiger partial charge in [0.15, 0.2) is 11.5 Å². The van der Waals surface area contributed by atoms with Gasteiger partial charge in [-0.05, 0) is 56.3 Å². The highest BCUT2D eigenvalue weighted by molar-refractivity contribution is 8.18. The second kappa shape index (κ2) is 8.06. The first-order chi connectivity index (χ1) is 11.8. The fourth-order valence-electron chi connectivity index (χ4n) is 2.11. The molecular weight excluding hydrogens is 346 g/mol. The van der Waals surface area contributed by atoms with Crippen LogP contribution in [0.2, 0.25) is 0 Å². The maximum absolute atomic E-state index is 12.3. The number of carbonyl (C=O) groups is 3. The first kappa shape index (κ1) is 18.9. The monoisotopic (exact) mass is 365 g/mol. The molecule has 0 saturated carbocycles. The van der Waals surface area contributed by atoms with E-state index in [1.807, 2.05) is 0 Å². The maximum atomic E-state index is 12.3. The minimum atomic E-state index is -0.637. The van der Waals surface area contributed by atoms with Crippen molar-refractivity contribution in [1.29, 1.82) is 0 Å². The van der Waals surface area contributed by atoms with Gasteiger partial charge in [0.05, 0.1) is 17.6 Å². The molecule has 0 atom stereocenters. The van der Waals surface area contributed by atoms with E-state index in [1.54, 1.807) is 32.9 Å². The van der Waals surface area contributed by atoms with E-state index in [0.29, 0.717) is 12.2 Å². The first-order valence-electron chi connectivity index (χ1n) is 7.72. The van der Waals surface area contributed by atoms with Crippen molar-refractivity contribution >= 4 is 35.0 Å². The molecule has 25 heavy (non-hydrogen) atoms. The number of phenols is 1. The minimum absolute atomic E-state index is 0.0106. The van der Waals surface area contributed by atoms with Crippen molar-refractivity contribution in [3.63, 3.8) is 0 Å². The summed E-state index contributed by atoms with van der Waals surface area (Å²) < 4.78 is 10.3. The number of carbonyl (C=O) groups excluding carboxylic acids is 3. The van der Waals surface area contributed by atoms with Gasteiger partial charge in [-0.2, -0.15) is 0 Å². The highest BCUT2D eigenvalue weighted by Gasteiger charge is 2.36. The lowest BCUT2D eigenvalue weighted by atomic mass is 10.2. The second-order valence-corrected chi connectivity index (χ2v) is 6.46. The van der Waals surface area contributed by atoms with Crippen molar-refractivity contribution in [2.24, 2.45) is 0 Å². The van der Waals surface area contributed by atoms with Crippen molar-refractivity contribution in [2.75, 3.05) is 13.2 Å². The van der Waals surface area contributed by atoms with Crippen LogP contribution in [0.1, 0.15) is 26.3 Å². The summed E-state index contributed by atoms with van der Waals surface area (Å²) in [6.45, 7) is 5.12. The van der Waals surface area contributed by atoms with Gasteiger partial charge in [-0.15, -0.1) is 0 Å². The number of phenolic OH excluding ortho intramolecular Hbond substituents is 1. The predicted molar refractivity (Wildman–Crippen MR) is 93.2 cm³/mol. The van der Waals surface area contributed by atoms with Gasteiger partial charge in [0.1, 0.15) is 6.54 Å². The summed E-state index contributed by atoms with van der Waals surface area (Å²) in [7, 11) is 0. The van der Waals surface area contributed by atoms with Crippen LogP contribution in [0.3, 0.4) is 0 Å². The number of ether oxygens (including phenoxy) is 2. The van der Waals surface area contributed by atoms with Gasteiger partial charge in [0.25, 0.3) is 11.1 Å². The summed E-state index contributed by atoms with van der Waals surface area (Å²) in [4.78, 5) is 37.1. The number of benzene rings is 1. The van der Waals surface area contributed by atoms with Gasteiger partial charge in [0.2, 0.25) is 0 Å². The molecule has 0 unspecified atom stereocenters. The zero-order valence-corrected chi connectivity index (χ0v) is 15.0. The smallest absolute Gasteiger partial charge is 0.326 e. The number of thioether (sulfide) groups is 1. The Kier molecular flexibility index (Phi) is 6.08. The molecule has 1 aromatic rings. The molecule has 0 bridgehead atoms. The van der Waals surface area contributed by atoms with Crippen LogP contribution < -0.4 is 4.74 Å². The largest absolute Gasteiger partial charge is 0.504 e. The number of esters is 1. The van der Waals surface area contributed by atoms with Crippen LogP contribution in [0.5, 0.6) is 11.5 Å². The van der Waals surface area contributed by atoms with Crippen LogP contribution in [0, 0.1) is 0 Å². The molecule has 1 aromatic carbocycles. The molecule has 1 saturated heterocycles. The first-order valence-corrected chi connectivity index (χ1v) is 8.54. The van der Waals surface area contributed by atoms with Gasteiger partial charge >= 0.3 is 5.97 Å². The van der Waals surface area contributed by atoms with Crippen molar-refractivity contribution in [3.8, 4) is 11.5 Å². The molecule has 0 spiro atoms. The number of amides is 2. The van der Waals surface area contributed by atoms with Crippen LogP contribution in [-0.4, -0.2) is 46.4 Å². The quantitative estimate of drug-likeness (QED) is 0.612. The molecular formula is C17H19NO6S. The number of aromatic hydroxyl groups is 1. The molecule has 134 valence electrons. The minimum Gasteiger partial charge on any atom is -0.504 e. The molecule has 1 heterocycles. The van der Waals surface area contributed by atoms with Crippen LogP contribution in [0.15, 0.2) is 23.1 Å². The number of imide groups is 1. The van der Waals surface area contributed by atoms with Gasteiger partial charge in [0, 0.05) is 0 Å². The van der Waals surface area contributed by atoms with Gasteiger partial charge < -0.3 is 14.6 Å². The van der Waals surface area contributed by atoms with Crippen LogP contribution >= 0.6 is 11.8 Å². The molecule has 1 N–H and O–H groups in total. The summed E-state index contributed by atoms with van der Waals surface area (Å²) in [6, 6.07) is 4.61. The fraction of sp³-hybridized carbons (Fsp3) is 0.353. The van der Waals surface area contributed by atoms with Crippen LogP contribution in [0.25, 0.3) is 6.08 Å². The summed E-state index contributed by atoms with van der Waals surface area (Å²) in [5.41, 5.74) is 0.594. The van der Waals surface area contributed by atoms with E-state index in [0.717, 1.165) is 16.7 Å². The molecule has 1 fully saturated rings. The van der Waals surface area contributed by atoms with E-state index in [1.165, 1.54) is 12.1 Å². The Bertz CT molecular complexity index is 728. The zero-order valence-electron chi connectivity index (χ0n) is 14.1. The lowest BCUT2D eigenvalue weighted by Crippen LogP contribution is -2.35. The molecule has 8 heteroatoms. The predicted octanol–water partition coefficient (Wildman–Crippen LogP) is 2.78. The molecule has 1 aliphatic heterocycles. The molecule has 0 aromatic heterocycles. The zero-order chi connectivity index (χ0) is 18.6. The highest BCUT2D eigenvalue weighted by atomic mass is 32.2. The number of nitrogens with zero attached hydrogens (tertiary/aromatic N) is 1. The third-order valence-corrected chi connectivity index (χ3v) is 4.02. The number of hydrogen-bond acceptors (Lipinski definition) is 7. The Hall–Kier alpha value is -2.48. The van der Waals surface area contributed by atoms with Crippen molar-refractivity contribution in [2.45, 2.75) is 26.9 Å². The van der Waals surface area contributed by atoms with Crippen LogP contribution in [0.4, 0.5) is 4.79 Å². The topological polar surface area (TPSA) is 93.1 Å². The summed E-state index contributed by atoms with van der Waals surface area (Å²) in [6.07, 6.45) is 1.19. The third kappa shape index (κ3) is 4.76. The van der Waals surface area contributed by atoms with Gasteiger partial charge in [-0.1, -0.05) is 6.07 Å².